The highest BCUT2D eigenvalue weighted by atomic mass is 32.2. The van der Waals surface area contributed by atoms with Gasteiger partial charge in [-0.25, -0.2) is 12.7 Å². The van der Waals surface area contributed by atoms with Gasteiger partial charge in [0.25, 0.3) is 5.91 Å². The van der Waals surface area contributed by atoms with Crippen LogP contribution in [0.25, 0.3) is 0 Å². The monoisotopic (exact) mass is 349 g/mol. The Balaban J connectivity index is 1.98. The summed E-state index contributed by atoms with van der Waals surface area (Å²) in [5, 5.41) is 0. The third-order valence-electron chi connectivity index (χ3n) is 4.21. The van der Waals surface area contributed by atoms with Crippen LogP contribution in [0.3, 0.4) is 0 Å². The molecule has 0 unspecified atom stereocenters. The number of carbonyl (C=O) groups is 2. The number of hydrogen-bond donors (Lipinski definition) is 0. The van der Waals surface area contributed by atoms with E-state index in [0.717, 1.165) is 4.31 Å². The molecular formula is C16H19N3O4S. The molecule has 0 aromatic heterocycles. The molecule has 1 saturated heterocycles. The third kappa shape index (κ3) is 2.60. The van der Waals surface area contributed by atoms with Crippen LogP contribution in [0.1, 0.15) is 31.1 Å². The maximum atomic E-state index is 12.6. The van der Waals surface area contributed by atoms with Crippen molar-refractivity contribution in [2.24, 2.45) is 10.4 Å². The number of nitrogens with zero attached hydrogens (tertiary/aromatic N) is 3. The van der Waals surface area contributed by atoms with Gasteiger partial charge in [0.1, 0.15) is 5.84 Å². The fourth-order valence-corrected chi connectivity index (χ4v) is 5.09. The van der Waals surface area contributed by atoms with Gasteiger partial charge in [0.15, 0.2) is 0 Å². The van der Waals surface area contributed by atoms with Crippen molar-refractivity contribution in [1.29, 1.82) is 0 Å². The van der Waals surface area contributed by atoms with Crippen LogP contribution in [0.5, 0.6) is 0 Å². The average Bonchev–Trinajstić information content (AvgIpc) is 2.97. The molecule has 2 heterocycles. The zero-order chi connectivity index (χ0) is 17.7. The first kappa shape index (κ1) is 16.6. The van der Waals surface area contributed by atoms with Crippen LogP contribution in [0.15, 0.2) is 29.3 Å². The lowest BCUT2D eigenvalue weighted by Gasteiger charge is -2.20. The normalized spacial score (nSPS) is 22.0. The van der Waals surface area contributed by atoms with E-state index in [2.05, 4.69) is 4.99 Å². The van der Waals surface area contributed by atoms with Crippen molar-refractivity contribution >= 4 is 33.4 Å². The van der Waals surface area contributed by atoms with Gasteiger partial charge in [-0.05, 0) is 39.0 Å². The molecule has 2 aliphatic rings. The molecule has 3 rings (SSSR count). The molecule has 128 valence electrons. The molecule has 2 aliphatic heterocycles. The van der Waals surface area contributed by atoms with E-state index in [1.807, 2.05) is 0 Å². The Kier molecular flexibility index (Phi) is 3.75. The molecule has 0 atom stereocenters. The van der Waals surface area contributed by atoms with Gasteiger partial charge in [0, 0.05) is 12.1 Å². The summed E-state index contributed by atoms with van der Waals surface area (Å²) in [6.45, 7) is 6.02. The average molecular weight is 349 g/mol. The predicted octanol–water partition coefficient (Wildman–Crippen LogP) is 1.26. The van der Waals surface area contributed by atoms with Crippen molar-refractivity contribution in [3.05, 3.63) is 29.8 Å². The number of sulfonamides is 1. The summed E-state index contributed by atoms with van der Waals surface area (Å²) in [6, 6.07) is 6.16. The van der Waals surface area contributed by atoms with Crippen LogP contribution in [0.2, 0.25) is 0 Å². The molecule has 1 fully saturated rings. The topological polar surface area (TPSA) is 87.1 Å². The molecule has 8 heteroatoms. The van der Waals surface area contributed by atoms with Crippen molar-refractivity contribution in [1.82, 2.24) is 4.90 Å². The highest BCUT2D eigenvalue weighted by Crippen LogP contribution is 2.36. The summed E-state index contributed by atoms with van der Waals surface area (Å²) in [5.41, 5.74) is -0.446. The lowest BCUT2D eigenvalue weighted by atomic mass is 9.95. The predicted molar refractivity (Wildman–Crippen MR) is 90.5 cm³/mol. The molecule has 0 aliphatic carbocycles. The van der Waals surface area contributed by atoms with E-state index < -0.39 is 21.3 Å². The van der Waals surface area contributed by atoms with Crippen LogP contribution in [-0.2, 0) is 14.8 Å². The van der Waals surface area contributed by atoms with Crippen molar-refractivity contribution in [3.63, 3.8) is 0 Å². The zero-order valence-electron chi connectivity index (χ0n) is 13.8. The van der Waals surface area contributed by atoms with Crippen molar-refractivity contribution in [2.45, 2.75) is 20.8 Å². The number of aliphatic imine (C=N–C) groups is 1. The van der Waals surface area contributed by atoms with Crippen molar-refractivity contribution in [2.75, 3.05) is 23.1 Å². The Morgan fingerprint density at radius 2 is 2.00 bits per heavy atom. The second-order valence-electron chi connectivity index (χ2n) is 6.65. The maximum absolute atomic E-state index is 12.6. The minimum atomic E-state index is -3.73. The van der Waals surface area contributed by atoms with Crippen LogP contribution in [0.4, 0.5) is 5.69 Å². The van der Waals surface area contributed by atoms with Gasteiger partial charge >= 0.3 is 0 Å². The fraction of sp³-hybridized carbons (Fsp3) is 0.438. The molecule has 2 amide bonds. The summed E-state index contributed by atoms with van der Waals surface area (Å²) in [5.74, 6) is -0.337. The molecule has 0 radical (unpaired) electrons. The van der Waals surface area contributed by atoms with Gasteiger partial charge in [0.05, 0.1) is 23.4 Å². The highest BCUT2D eigenvalue weighted by molar-refractivity contribution is 7.94. The first-order valence-corrected chi connectivity index (χ1v) is 9.25. The highest BCUT2D eigenvalue weighted by Gasteiger charge is 2.50. The first-order chi connectivity index (χ1) is 11.1. The van der Waals surface area contributed by atoms with E-state index >= 15 is 0 Å². The Labute approximate surface area is 141 Å². The number of rotatable bonds is 2. The molecule has 1 aromatic carbocycles. The molecular weight excluding hydrogens is 330 g/mol. The zero-order valence-corrected chi connectivity index (χ0v) is 14.6. The molecule has 0 N–H and O–H groups in total. The minimum absolute atomic E-state index is 0.199. The molecule has 24 heavy (non-hydrogen) atoms. The van der Waals surface area contributed by atoms with Gasteiger partial charge < -0.3 is 0 Å². The van der Waals surface area contributed by atoms with Crippen LogP contribution in [-0.4, -0.2) is 49.8 Å². The number of amidine groups is 1. The number of amides is 2. The Morgan fingerprint density at radius 3 is 2.54 bits per heavy atom. The summed E-state index contributed by atoms with van der Waals surface area (Å²) < 4.78 is 25.6. The molecule has 0 bridgehead atoms. The van der Waals surface area contributed by atoms with E-state index in [-0.39, 0.29) is 17.3 Å². The van der Waals surface area contributed by atoms with E-state index in [0.29, 0.717) is 24.5 Å². The van der Waals surface area contributed by atoms with Crippen LogP contribution >= 0.6 is 0 Å². The lowest BCUT2D eigenvalue weighted by Crippen LogP contribution is -2.34. The van der Waals surface area contributed by atoms with Gasteiger partial charge in [-0.1, -0.05) is 6.07 Å². The second kappa shape index (κ2) is 5.41. The molecule has 1 aromatic rings. The van der Waals surface area contributed by atoms with Crippen LogP contribution in [0, 0.1) is 5.41 Å². The van der Waals surface area contributed by atoms with Crippen molar-refractivity contribution < 1.29 is 18.0 Å². The lowest BCUT2D eigenvalue weighted by molar-refractivity contribution is -0.123. The SMILES string of the molecule is CC1=NCCN1C(=O)c1cccc(N2C(=O)C(C)(C)CS2(=O)=O)c1. The van der Waals surface area contributed by atoms with E-state index in [4.69, 9.17) is 0 Å². The molecule has 0 spiro atoms. The number of anilines is 1. The van der Waals surface area contributed by atoms with Gasteiger partial charge in [-0.3, -0.25) is 19.5 Å². The fourth-order valence-electron chi connectivity index (χ4n) is 2.99. The molecule has 7 nitrogen and oxygen atoms in total. The van der Waals surface area contributed by atoms with Gasteiger partial charge in [-0.15, -0.1) is 0 Å². The largest absolute Gasteiger partial charge is 0.295 e. The van der Waals surface area contributed by atoms with Gasteiger partial charge in [-0.2, -0.15) is 0 Å². The Bertz CT molecular complexity index is 858. The number of benzene rings is 1. The summed E-state index contributed by atoms with van der Waals surface area (Å²) >= 11 is 0. The smallest absolute Gasteiger partial charge is 0.259 e. The van der Waals surface area contributed by atoms with E-state index in [1.165, 1.54) is 12.1 Å². The third-order valence-corrected chi connectivity index (χ3v) is 6.23. The Hall–Kier alpha value is -2.22. The maximum Gasteiger partial charge on any atom is 0.259 e. The summed E-state index contributed by atoms with van der Waals surface area (Å²) in [7, 11) is -3.73. The number of carbonyl (C=O) groups excluding carboxylic acids is 2. The Morgan fingerprint density at radius 1 is 1.29 bits per heavy atom. The summed E-state index contributed by atoms with van der Waals surface area (Å²) in [6.07, 6.45) is 0. The summed E-state index contributed by atoms with van der Waals surface area (Å²) in [4.78, 5) is 30.8. The van der Waals surface area contributed by atoms with Crippen LogP contribution < -0.4 is 4.31 Å². The van der Waals surface area contributed by atoms with Crippen molar-refractivity contribution in [3.8, 4) is 0 Å². The van der Waals surface area contributed by atoms with Gasteiger partial charge in [0.2, 0.25) is 15.9 Å². The number of hydrogen-bond acceptors (Lipinski definition) is 5. The second-order valence-corrected chi connectivity index (χ2v) is 8.46. The quantitative estimate of drug-likeness (QED) is 0.804. The van der Waals surface area contributed by atoms with E-state index in [9.17, 15) is 18.0 Å². The van der Waals surface area contributed by atoms with E-state index in [1.54, 1.807) is 37.8 Å². The standard InChI is InChI=1S/C16H19N3O4S/c1-11-17-7-8-18(11)14(20)12-5-4-6-13(9-12)19-15(21)16(2,3)10-24(19,22)23/h4-6,9H,7-8,10H2,1-3H3. The molecule has 0 saturated carbocycles. The first-order valence-electron chi connectivity index (χ1n) is 7.64. The minimum Gasteiger partial charge on any atom is -0.295 e.